The average molecular weight is 481 g/mol. The molecule has 0 saturated carbocycles. The molecule has 33 heavy (non-hydrogen) atoms. The topological polar surface area (TPSA) is 100 Å². The smallest absolute Gasteiger partial charge is 0.399 e. The molecular weight excluding hydrogens is 445 g/mol. The van der Waals surface area contributed by atoms with E-state index in [2.05, 4.69) is 5.48 Å². The number of hydrogen-bond acceptors (Lipinski definition) is 7. The number of ether oxygens (including phenoxy) is 1. The Morgan fingerprint density at radius 2 is 1.76 bits per heavy atom. The minimum absolute atomic E-state index is 0.113. The molecule has 0 bridgehead atoms. The molecule has 1 aromatic carbocycles. The summed E-state index contributed by atoms with van der Waals surface area (Å²) in [5, 5.41) is 0. The number of benzene rings is 1. The summed E-state index contributed by atoms with van der Waals surface area (Å²) in [4.78, 5) is 18.2. The van der Waals surface area contributed by atoms with Crippen LogP contribution in [0.15, 0.2) is 24.3 Å². The lowest BCUT2D eigenvalue weighted by Crippen LogP contribution is -2.51. The normalized spacial score (nSPS) is 24.3. The minimum Gasteiger partial charge on any atom is -0.399 e. The van der Waals surface area contributed by atoms with E-state index in [1.54, 1.807) is 0 Å². The number of nitrogens with one attached hydrogen (secondary N) is 1. The standard InChI is InChI=1S/C23H36BNO7S/c1-21(2)22(3,4)32-24(31-21)18-12-10-17(11-13-18)14-15-23(5,33(6,27)28)20(26)25-30-19-9-7-8-16-29-19/h10-13,19H,7-9,14-16H2,1-6H3,(H,25,26). The van der Waals surface area contributed by atoms with Crippen molar-refractivity contribution in [2.45, 2.75) is 89.0 Å². The molecule has 2 heterocycles. The Morgan fingerprint density at radius 1 is 1.15 bits per heavy atom. The van der Waals surface area contributed by atoms with Gasteiger partial charge in [-0.2, -0.15) is 0 Å². The van der Waals surface area contributed by atoms with Crippen molar-refractivity contribution in [3.63, 3.8) is 0 Å². The van der Waals surface area contributed by atoms with Crippen molar-refractivity contribution in [1.29, 1.82) is 0 Å². The zero-order valence-corrected chi connectivity index (χ0v) is 21.3. The van der Waals surface area contributed by atoms with Gasteiger partial charge in [0, 0.05) is 19.3 Å². The highest BCUT2D eigenvalue weighted by molar-refractivity contribution is 7.92. The van der Waals surface area contributed by atoms with Gasteiger partial charge in [-0.15, -0.1) is 0 Å². The molecule has 1 amide bonds. The zero-order valence-electron chi connectivity index (χ0n) is 20.5. The maximum absolute atomic E-state index is 12.8. The molecule has 1 aromatic rings. The number of rotatable bonds is 8. The van der Waals surface area contributed by atoms with E-state index in [1.165, 1.54) is 6.92 Å². The van der Waals surface area contributed by atoms with Crippen LogP contribution in [0.4, 0.5) is 0 Å². The summed E-state index contributed by atoms with van der Waals surface area (Å²) in [7, 11) is -4.17. The molecule has 8 nitrogen and oxygen atoms in total. The largest absolute Gasteiger partial charge is 0.494 e. The van der Waals surface area contributed by atoms with Crippen LogP contribution in [0.1, 0.15) is 65.9 Å². The van der Waals surface area contributed by atoms with Gasteiger partial charge in [0.15, 0.2) is 16.1 Å². The van der Waals surface area contributed by atoms with Crippen molar-refractivity contribution in [3.05, 3.63) is 29.8 Å². The molecule has 10 heteroatoms. The highest BCUT2D eigenvalue weighted by Gasteiger charge is 2.51. The highest BCUT2D eigenvalue weighted by atomic mass is 32.2. The summed E-state index contributed by atoms with van der Waals surface area (Å²) >= 11 is 0. The summed E-state index contributed by atoms with van der Waals surface area (Å²) in [6.45, 7) is 10.0. The van der Waals surface area contributed by atoms with Crippen LogP contribution in [-0.2, 0) is 39.9 Å². The number of aryl methyl sites for hydroxylation is 1. The Bertz CT molecular complexity index is 926. The molecule has 3 rings (SSSR count). The lowest BCUT2D eigenvalue weighted by atomic mass is 9.78. The molecule has 1 N–H and O–H groups in total. The zero-order chi connectivity index (χ0) is 24.5. The fourth-order valence-corrected chi connectivity index (χ4v) is 4.55. The summed E-state index contributed by atoms with van der Waals surface area (Å²) in [5.74, 6) is -0.687. The molecule has 0 aromatic heterocycles. The lowest BCUT2D eigenvalue weighted by molar-refractivity contribution is -0.201. The van der Waals surface area contributed by atoms with Crippen LogP contribution in [0.2, 0.25) is 0 Å². The van der Waals surface area contributed by atoms with E-state index >= 15 is 0 Å². The number of carbonyl (C=O) groups is 1. The van der Waals surface area contributed by atoms with E-state index < -0.39 is 45.1 Å². The third kappa shape index (κ3) is 5.79. The van der Waals surface area contributed by atoms with Crippen molar-refractivity contribution >= 4 is 28.3 Å². The van der Waals surface area contributed by atoms with E-state index in [-0.39, 0.29) is 6.42 Å². The van der Waals surface area contributed by atoms with Gasteiger partial charge in [-0.25, -0.2) is 18.7 Å². The Balaban J connectivity index is 1.63. The van der Waals surface area contributed by atoms with Gasteiger partial charge in [-0.05, 0) is 71.3 Å². The number of amides is 1. The predicted octanol–water partition coefficient (Wildman–Crippen LogP) is 2.30. The summed E-state index contributed by atoms with van der Waals surface area (Å²) in [6, 6.07) is 7.65. The molecule has 0 radical (unpaired) electrons. The molecule has 184 valence electrons. The van der Waals surface area contributed by atoms with Gasteiger partial charge >= 0.3 is 7.12 Å². The number of sulfone groups is 1. The molecule has 2 unspecified atom stereocenters. The van der Waals surface area contributed by atoms with Gasteiger partial charge in [0.2, 0.25) is 0 Å². The van der Waals surface area contributed by atoms with Crippen molar-refractivity contribution < 1.29 is 32.1 Å². The van der Waals surface area contributed by atoms with Crippen LogP contribution in [0.3, 0.4) is 0 Å². The van der Waals surface area contributed by atoms with E-state index in [0.717, 1.165) is 30.1 Å². The Hall–Kier alpha value is -1.46. The average Bonchev–Trinajstić information content (AvgIpc) is 2.97. The first-order valence-corrected chi connectivity index (χ1v) is 13.4. The second-order valence-corrected chi connectivity index (χ2v) is 12.6. The molecule has 2 aliphatic rings. The first kappa shape index (κ1) is 26.2. The van der Waals surface area contributed by atoms with Gasteiger partial charge in [0.25, 0.3) is 5.91 Å². The van der Waals surface area contributed by atoms with Crippen LogP contribution in [0, 0.1) is 0 Å². The Kier molecular flexibility index (Phi) is 7.65. The predicted molar refractivity (Wildman–Crippen MR) is 127 cm³/mol. The first-order chi connectivity index (χ1) is 15.3. The van der Waals surface area contributed by atoms with Gasteiger partial charge in [0.05, 0.1) is 11.2 Å². The maximum atomic E-state index is 12.8. The third-order valence-electron chi connectivity index (χ3n) is 7.12. The van der Waals surface area contributed by atoms with Crippen molar-refractivity contribution in [3.8, 4) is 0 Å². The molecule has 0 spiro atoms. The third-order valence-corrected chi connectivity index (χ3v) is 9.14. The van der Waals surface area contributed by atoms with Crippen molar-refractivity contribution in [2.24, 2.45) is 0 Å². The van der Waals surface area contributed by atoms with Crippen LogP contribution < -0.4 is 10.9 Å². The number of hydroxylamine groups is 1. The fourth-order valence-electron chi connectivity index (χ4n) is 3.70. The van der Waals surface area contributed by atoms with Crippen LogP contribution in [0.5, 0.6) is 0 Å². The van der Waals surface area contributed by atoms with E-state index in [1.807, 2.05) is 52.0 Å². The van der Waals surface area contributed by atoms with Gasteiger partial charge in [-0.3, -0.25) is 4.79 Å². The Labute approximate surface area is 197 Å². The molecule has 2 fully saturated rings. The van der Waals surface area contributed by atoms with E-state index in [0.29, 0.717) is 19.4 Å². The SMILES string of the molecule is CC1(C)OB(c2ccc(CCC(C)(C(=O)NOC3CCCCO3)S(C)(=O)=O)cc2)OC1(C)C. The molecule has 0 aliphatic carbocycles. The molecular formula is C23H36BNO7S. The molecule has 2 atom stereocenters. The monoisotopic (exact) mass is 481 g/mol. The number of hydrogen-bond donors (Lipinski definition) is 1. The van der Waals surface area contributed by atoms with E-state index in [4.69, 9.17) is 18.9 Å². The summed E-state index contributed by atoms with van der Waals surface area (Å²) in [5.41, 5.74) is 3.27. The van der Waals surface area contributed by atoms with Crippen LogP contribution in [-0.4, -0.2) is 56.5 Å². The maximum Gasteiger partial charge on any atom is 0.494 e. The van der Waals surface area contributed by atoms with Gasteiger partial charge in [0.1, 0.15) is 4.75 Å². The van der Waals surface area contributed by atoms with Crippen molar-refractivity contribution in [1.82, 2.24) is 5.48 Å². The highest BCUT2D eigenvalue weighted by Crippen LogP contribution is 2.36. The van der Waals surface area contributed by atoms with Gasteiger partial charge in [-0.1, -0.05) is 24.3 Å². The Morgan fingerprint density at radius 3 is 2.27 bits per heavy atom. The van der Waals surface area contributed by atoms with Crippen LogP contribution in [0.25, 0.3) is 0 Å². The second-order valence-electron chi connectivity index (χ2n) is 10.2. The minimum atomic E-state index is -3.71. The molecule has 2 saturated heterocycles. The second kappa shape index (κ2) is 9.66. The number of carbonyl (C=O) groups excluding carboxylic acids is 1. The molecule has 2 aliphatic heterocycles. The fraction of sp³-hybridized carbons (Fsp3) is 0.696. The first-order valence-electron chi connectivity index (χ1n) is 11.5. The quantitative estimate of drug-likeness (QED) is 0.449. The lowest BCUT2D eigenvalue weighted by Gasteiger charge is -2.32. The summed E-state index contributed by atoms with van der Waals surface area (Å²) < 4.78 is 41.0. The van der Waals surface area contributed by atoms with Gasteiger partial charge < -0.3 is 14.0 Å². The van der Waals surface area contributed by atoms with Crippen LogP contribution >= 0.6 is 0 Å². The summed E-state index contributed by atoms with van der Waals surface area (Å²) in [6.07, 6.45) is 3.58. The van der Waals surface area contributed by atoms with Crippen molar-refractivity contribution in [2.75, 3.05) is 12.9 Å². The van der Waals surface area contributed by atoms with E-state index in [9.17, 15) is 13.2 Å².